The zero-order valence-electron chi connectivity index (χ0n) is 15.9. The van der Waals surface area contributed by atoms with Gasteiger partial charge >= 0.3 is 11.9 Å². The van der Waals surface area contributed by atoms with Crippen molar-refractivity contribution in [2.75, 3.05) is 11.9 Å². The Morgan fingerprint density at radius 3 is 2.50 bits per heavy atom. The highest BCUT2D eigenvalue weighted by molar-refractivity contribution is 8.02. The summed E-state index contributed by atoms with van der Waals surface area (Å²) in [6, 6.07) is 6.98. The fourth-order valence-electron chi connectivity index (χ4n) is 2.13. The van der Waals surface area contributed by atoms with Gasteiger partial charge in [0.1, 0.15) is 4.75 Å². The Morgan fingerprint density at radius 1 is 1.21 bits per heavy atom. The first-order valence-corrected chi connectivity index (χ1v) is 10.3. The number of carbonyl (C=O) groups is 3. The standard InChI is InChI=1S/C19H22N2O5S2/c1-4-26-16(23)9-12-5-7-13(8-6-12)20-15(22)10-14-11-27-18(21-14)28-19(2,3)17(24)25/h5-8,11H,4,9-10H2,1-3H3,(H,20,22)(H,24,25). The van der Waals surface area contributed by atoms with Gasteiger partial charge in [-0.3, -0.25) is 14.4 Å². The first-order chi connectivity index (χ1) is 13.2. The number of carboxylic acids is 1. The van der Waals surface area contributed by atoms with Gasteiger partial charge in [-0.15, -0.1) is 11.3 Å². The highest BCUT2D eigenvalue weighted by atomic mass is 32.2. The molecule has 0 saturated carbocycles. The Kier molecular flexibility index (Phi) is 7.59. The van der Waals surface area contributed by atoms with Crippen LogP contribution < -0.4 is 5.32 Å². The molecule has 1 amide bonds. The molecule has 0 aliphatic rings. The molecule has 0 fully saturated rings. The van der Waals surface area contributed by atoms with E-state index in [-0.39, 0.29) is 24.7 Å². The second-order valence-electron chi connectivity index (χ2n) is 6.43. The third kappa shape index (κ3) is 6.65. The second kappa shape index (κ2) is 9.70. The summed E-state index contributed by atoms with van der Waals surface area (Å²) >= 11 is 2.47. The van der Waals surface area contributed by atoms with Gasteiger partial charge in [0.05, 0.1) is 25.1 Å². The number of hydrogen-bond donors (Lipinski definition) is 2. The van der Waals surface area contributed by atoms with Gasteiger partial charge in [-0.05, 0) is 38.5 Å². The highest BCUT2D eigenvalue weighted by Gasteiger charge is 2.29. The van der Waals surface area contributed by atoms with Gasteiger partial charge in [0, 0.05) is 11.1 Å². The molecule has 2 rings (SSSR count). The van der Waals surface area contributed by atoms with Crippen molar-refractivity contribution >= 4 is 46.6 Å². The number of thiazole rings is 1. The van der Waals surface area contributed by atoms with E-state index in [2.05, 4.69) is 10.3 Å². The Hall–Kier alpha value is -2.39. The first-order valence-electron chi connectivity index (χ1n) is 8.61. The molecule has 0 unspecified atom stereocenters. The number of nitrogens with zero attached hydrogens (tertiary/aromatic N) is 1. The molecular formula is C19H22N2O5S2. The third-order valence-electron chi connectivity index (χ3n) is 3.62. The van der Waals surface area contributed by atoms with E-state index >= 15 is 0 Å². The number of aromatic nitrogens is 1. The number of amides is 1. The van der Waals surface area contributed by atoms with Crippen LogP contribution in [0.3, 0.4) is 0 Å². The minimum atomic E-state index is -0.983. The summed E-state index contributed by atoms with van der Waals surface area (Å²) in [5.74, 6) is -1.43. The van der Waals surface area contributed by atoms with Crippen LogP contribution in [0.1, 0.15) is 32.0 Å². The predicted octanol–water partition coefficient (Wildman–Crippen LogP) is 3.39. The van der Waals surface area contributed by atoms with E-state index in [9.17, 15) is 19.5 Å². The van der Waals surface area contributed by atoms with Crippen LogP contribution in [-0.2, 0) is 32.0 Å². The molecule has 28 heavy (non-hydrogen) atoms. The van der Waals surface area contributed by atoms with Crippen molar-refractivity contribution < 1.29 is 24.2 Å². The molecule has 1 heterocycles. The van der Waals surface area contributed by atoms with E-state index in [1.807, 2.05) is 0 Å². The van der Waals surface area contributed by atoms with Gasteiger partial charge < -0.3 is 15.2 Å². The number of carboxylic acid groups (broad SMARTS) is 1. The summed E-state index contributed by atoms with van der Waals surface area (Å²) in [4.78, 5) is 39.2. The molecule has 2 N–H and O–H groups in total. The lowest BCUT2D eigenvalue weighted by atomic mass is 10.1. The molecule has 2 aromatic rings. The van der Waals surface area contributed by atoms with Gasteiger partial charge in [0.2, 0.25) is 5.91 Å². The second-order valence-corrected chi connectivity index (χ2v) is 9.15. The first kappa shape index (κ1) is 21.9. The molecule has 7 nitrogen and oxygen atoms in total. The van der Waals surface area contributed by atoms with Crippen molar-refractivity contribution in [1.82, 2.24) is 4.98 Å². The molecule has 0 atom stereocenters. The van der Waals surface area contributed by atoms with Gasteiger partial charge in [-0.1, -0.05) is 23.9 Å². The summed E-state index contributed by atoms with van der Waals surface area (Å²) in [5, 5.41) is 13.7. The number of anilines is 1. The van der Waals surface area contributed by atoms with E-state index in [0.29, 0.717) is 22.3 Å². The SMILES string of the molecule is CCOC(=O)Cc1ccc(NC(=O)Cc2csc(SC(C)(C)C(=O)O)n2)cc1. The van der Waals surface area contributed by atoms with Crippen molar-refractivity contribution in [3.05, 3.63) is 40.9 Å². The van der Waals surface area contributed by atoms with Crippen molar-refractivity contribution in [1.29, 1.82) is 0 Å². The minimum absolute atomic E-state index is 0.0924. The van der Waals surface area contributed by atoms with Crippen LogP contribution in [0.2, 0.25) is 0 Å². The monoisotopic (exact) mass is 422 g/mol. The van der Waals surface area contributed by atoms with Crippen LogP contribution in [0.5, 0.6) is 0 Å². The Bertz CT molecular complexity index is 846. The number of aliphatic carboxylic acids is 1. The summed E-state index contributed by atoms with van der Waals surface area (Å²) in [6.45, 7) is 5.32. The molecule has 1 aromatic heterocycles. The van der Waals surface area contributed by atoms with Crippen LogP contribution in [0, 0.1) is 0 Å². The number of rotatable bonds is 9. The Labute approximate surface area is 171 Å². The quantitative estimate of drug-likeness (QED) is 0.471. The molecule has 0 saturated heterocycles. The summed E-state index contributed by atoms with van der Waals surface area (Å²) in [6.07, 6.45) is 0.281. The Morgan fingerprint density at radius 2 is 1.89 bits per heavy atom. The largest absolute Gasteiger partial charge is 0.480 e. The molecule has 9 heteroatoms. The smallest absolute Gasteiger partial charge is 0.319 e. The zero-order valence-corrected chi connectivity index (χ0v) is 17.5. The summed E-state index contributed by atoms with van der Waals surface area (Å²) in [7, 11) is 0. The van der Waals surface area contributed by atoms with Gasteiger partial charge in [0.15, 0.2) is 4.34 Å². The van der Waals surface area contributed by atoms with E-state index in [4.69, 9.17) is 4.74 Å². The number of benzene rings is 1. The van der Waals surface area contributed by atoms with Gasteiger partial charge in [0.25, 0.3) is 0 Å². The average Bonchev–Trinajstić information content (AvgIpc) is 3.02. The van der Waals surface area contributed by atoms with E-state index in [1.165, 1.54) is 11.3 Å². The number of ether oxygens (including phenoxy) is 1. The van der Waals surface area contributed by atoms with Gasteiger partial charge in [-0.2, -0.15) is 0 Å². The highest BCUT2D eigenvalue weighted by Crippen LogP contribution is 2.34. The van der Waals surface area contributed by atoms with Gasteiger partial charge in [-0.25, -0.2) is 4.98 Å². The maximum Gasteiger partial charge on any atom is 0.319 e. The van der Waals surface area contributed by atoms with Crippen molar-refractivity contribution in [2.24, 2.45) is 0 Å². The molecule has 0 bridgehead atoms. The summed E-state index contributed by atoms with van der Waals surface area (Å²) in [5.41, 5.74) is 2.01. The van der Waals surface area contributed by atoms with Crippen LogP contribution in [0.4, 0.5) is 5.69 Å². The number of hydrogen-bond acceptors (Lipinski definition) is 7. The lowest BCUT2D eigenvalue weighted by Gasteiger charge is -2.15. The van der Waals surface area contributed by atoms with Crippen LogP contribution in [0.25, 0.3) is 0 Å². The number of nitrogens with one attached hydrogen (secondary N) is 1. The minimum Gasteiger partial charge on any atom is -0.480 e. The van der Waals surface area contributed by atoms with Crippen LogP contribution in [-0.4, -0.2) is 39.3 Å². The van der Waals surface area contributed by atoms with Crippen LogP contribution in [0.15, 0.2) is 34.0 Å². The Balaban J connectivity index is 1.89. The fourth-order valence-corrected chi connectivity index (χ4v) is 4.32. The molecule has 150 valence electrons. The summed E-state index contributed by atoms with van der Waals surface area (Å²) < 4.78 is 4.53. The molecule has 0 aliphatic carbocycles. The van der Waals surface area contributed by atoms with Crippen LogP contribution >= 0.6 is 23.1 Å². The lowest BCUT2D eigenvalue weighted by molar-refractivity contribution is -0.142. The van der Waals surface area contributed by atoms with E-state index in [0.717, 1.165) is 17.3 Å². The maximum atomic E-state index is 12.2. The topological polar surface area (TPSA) is 106 Å². The lowest BCUT2D eigenvalue weighted by Crippen LogP contribution is -2.26. The molecule has 1 aromatic carbocycles. The number of thioether (sulfide) groups is 1. The molecular weight excluding hydrogens is 400 g/mol. The number of carbonyl (C=O) groups excluding carboxylic acids is 2. The normalized spacial score (nSPS) is 11.1. The number of esters is 1. The van der Waals surface area contributed by atoms with E-state index in [1.54, 1.807) is 50.4 Å². The van der Waals surface area contributed by atoms with Crippen molar-refractivity contribution in [2.45, 2.75) is 42.7 Å². The third-order valence-corrected chi connectivity index (χ3v) is 5.79. The maximum absolute atomic E-state index is 12.2. The molecule has 0 aliphatic heterocycles. The average molecular weight is 423 g/mol. The van der Waals surface area contributed by atoms with Crippen molar-refractivity contribution in [3.63, 3.8) is 0 Å². The van der Waals surface area contributed by atoms with E-state index < -0.39 is 10.7 Å². The predicted molar refractivity (Wildman–Crippen MR) is 109 cm³/mol. The zero-order chi connectivity index (χ0) is 20.7. The molecule has 0 radical (unpaired) electrons. The van der Waals surface area contributed by atoms with Crippen molar-refractivity contribution in [3.8, 4) is 0 Å². The fraction of sp³-hybridized carbons (Fsp3) is 0.368. The molecule has 0 spiro atoms.